The number of likely N-dealkylation sites (tertiary alicyclic amines) is 1. The highest BCUT2D eigenvalue weighted by Gasteiger charge is 2.25. The minimum Gasteiger partial charge on any atom is -0.341 e. The fourth-order valence-electron chi connectivity index (χ4n) is 1.61. The quantitative estimate of drug-likeness (QED) is 0.741. The molecule has 0 aromatic heterocycles. The molecule has 5 nitrogen and oxygen atoms in total. The zero-order valence-corrected chi connectivity index (χ0v) is 10.0. The van der Waals surface area contributed by atoms with Crippen LogP contribution in [0.25, 0.3) is 0 Å². The molecule has 1 aliphatic heterocycles. The van der Waals surface area contributed by atoms with Crippen molar-refractivity contribution in [1.82, 2.24) is 9.62 Å². The number of hydrogen-bond acceptors (Lipinski definition) is 3. The standard InChI is InChI=1S/C9H18N2O3S/c1-3-15(13,14)10-8(2)9(12)11-6-4-5-7-11/h8,10H,3-7H2,1-2H3/t8-/m0/s1. The number of carbonyl (C=O) groups is 1. The molecule has 1 fully saturated rings. The van der Waals surface area contributed by atoms with Crippen molar-refractivity contribution >= 4 is 15.9 Å². The molecule has 0 saturated carbocycles. The third-order valence-electron chi connectivity index (χ3n) is 2.52. The molecule has 1 saturated heterocycles. The predicted molar refractivity (Wildman–Crippen MR) is 57.9 cm³/mol. The zero-order valence-electron chi connectivity index (χ0n) is 9.19. The number of amides is 1. The Morgan fingerprint density at radius 1 is 1.40 bits per heavy atom. The van der Waals surface area contributed by atoms with Crippen molar-refractivity contribution in [1.29, 1.82) is 0 Å². The van der Waals surface area contributed by atoms with Crippen LogP contribution in [0.15, 0.2) is 0 Å². The molecule has 88 valence electrons. The average Bonchev–Trinajstić information content (AvgIpc) is 2.68. The van der Waals surface area contributed by atoms with Gasteiger partial charge in [-0.25, -0.2) is 13.1 Å². The summed E-state index contributed by atoms with van der Waals surface area (Å²) in [7, 11) is -3.29. The van der Waals surface area contributed by atoms with Gasteiger partial charge in [0.1, 0.15) is 0 Å². The minimum absolute atomic E-state index is 0.00458. The highest BCUT2D eigenvalue weighted by molar-refractivity contribution is 7.89. The molecule has 0 aliphatic carbocycles. The van der Waals surface area contributed by atoms with Crippen molar-refractivity contribution in [3.63, 3.8) is 0 Å². The van der Waals surface area contributed by atoms with Gasteiger partial charge in [0.2, 0.25) is 15.9 Å². The molecule has 1 heterocycles. The Morgan fingerprint density at radius 3 is 2.40 bits per heavy atom. The van der Waals surface area contributed by atoms with Crippen LogP contribution in [0.4, 0.5) is 0 Å². The van der Waals surface area contributed by atoms with Gasteiger partial charge in [-0.2, -0.15) is 0 Å². The maximum Gasteiger partial charge on any atom is 0.240 e. The second-order valence-corrected chi connectivity index (χ2v) is 5.82. The van der Waals surface area contributed by atoms with Gasteiger partial charge in [-0.1, -0.05) is 0 Å². The van der Waals surface area contributed by atoms with Crippen LogP contribution in [0.1, 0.15) is 26.7 Å². The van der Waals surface area contributed by atoms with E-state index in [0.717, 1.165) is 25.9 Å². The summed E-state index contributed by atoms with van der Waals surface area (Å²) in [5, 5.41) is 0. The van der Waals surface area contributed by atoms with E-state index in [-0.39, 0.29) is 11.7 Å². The SMILES string of the molecule is CCS(=O)(=O)N[C@@H](C)C(=O)N1CCCC1. The second-order valence-electron chi connectivity index (χ2n) is 3.78. The molecule has 1 aliphatic rings. The van der Waals surface area contributed by atoms with Crippen LogP contribution in [-0.2, 0) is 14.8 Å². The molecular formula is C9H18N2O3S. The molecule has 0 unspecified atom stereocenters. The number of carbonyl (C=O) groups excluding carboxylic acids is 1. The fraction of sp³-hybridized carbons (Fsp3) is 0.889. The normalized spacial score (nSPS) is 19.2. The number of rotatable bonds is 4. The maximum absolute atomic E-state index is 11.7. The van der Waals surface area contributed by atoms with Crippen LogP contribution in [-0.4, -0.2) is 44.1 Å². The summed E-state index contributed by atoms with van der Waals surface area (Å²) in [4.78, 5) is 13.4. The van der Waals surface area contributed by atoms with Crippen molar-refractivity contribution in [2.24, 2.45) is 0 Å². The Hall–Kier alpha value is -0.620. The van der Waals surface area contributed by atoms with Crippen LogP contribution >= 0.6 is 0 Å². The van der Waals surface area contributed by atoms with Crippen molar-refractivity contribution in [2.75, 3.05) is 18.8 Å². The Labute approximate surface area is 90.9 Å². The summed E-state index contributed by atoms with van der Waals surface area (Å²) in [6, 6.07) is -0.645. The molecule has 1 amide bonds. The van der Waals surface area contributed by atoms with Gasteiger partial charge >= 0.3 is 0 Å². The average molecular weight is 234 g/mol. The summed E-state index contributed by atoms with van der Waals surface area (Å²) >= 11 is 0. The topological polar surface area (TPSA) is 66.5 Å². The lowest BCUT2D eigenvalue weighted by Gasteiger charge is -2.20. The van der Waals surface area contributed by atoms with Crippen LogP contribution in [0.2, 0.25) is 0 Å². The first-order chi connectivity index (χ1) is 6.96. The lowest BCUT2D eigenvalue weighted by atomic mass is 10.3. The van der Waals surface area contributed by atoms with Gasteiger partial charge in [0.05, 0.1) is 11.8 Å². The first-order valence-electron chi connectivity index (χ1n) is 5.25. The predicted octanol–water partition coefficient (Wildman–Crippen LogP) is -0.0634. The van der Waals surface area contributed by atoms with E-state index in [9.17, 15) is 13.2 Å². The molecule has 0 aromatic carbocycles. The molecule has 1 N–H and O–H groups in total. The molecule has 1 atom stereocenters. The highest BCUT2D eigenvalue weighted by Crippen LogP contribution is 2.09. The Kier molecular flexibility index (Phi) is 4.10. The summed E-state index contributed by atoms with van der Waals surface area (Å²) in [6.07, 6.45) is 2.03. The van der Waals surface area contributed by atoms with Crippen molar-refractivity contribution < 1.29 is 13.2 Å². The smallest absolute Gasteiger partial charge is 0.240 e. The molecule has 6 heteroatoms. The largest absolute Gasteiger partial charge is 0.341 e. The molecule has 0 spiro atoms. The monoisotopic (exact) mass is 234 g/mol. The van der Waals surface area contributed by atoms with Gasteiger partial charge in [0.15, 0.2) is 0 Å². The third kappa shape index (κ3) is 3.46. The molecule has 1 rings (SSSR count). The van der Waals surface area contributed by atoms with Gasteiger partial charge in [-0.15, -0.1) is 0 Å². The summed E-state index contributed by atoms with van der Waals surface area (Å²) in [6.45, 7) is 4.64. The van der Waals surface area contributed by atoms with Gasteiger partial charge in [-0.05, 0) is 26.7 Å². The fourth-order valence-corrected chi connectivity index (χ4v) is 2.42. The molecule has 0 radical (unpaired) electrons. The van der Waals surface area contributed by atoms with E-state index >= 15 is 0 Å². The zero-order chi connectivity index (χ0) is 11.5. The number of nitrogens with one attached hydrogen (secondary N) is 1. The lowest BCUT2D eigenvalue weighted by Crippen LogP contribution is -2.46. The van der Waals surface area contributed by atoms with E-state index in [1.807, 2.05) is 0 Å². The lowest BCUT2D eigenvalue weighted by molar-refractivity contribution is -0.131. The third-order valence-corrected chi connectivity index (χ3v) is 4.00. The van der Waals surface area contributed by atoms with E-state index in [0.29, 0.717) is 0 Å². The van der Waals surface area contributed by atoms with Crippen LogP contribution in [0.5, 0.6) is 0 Å². The van der Waals surface area contributed by atoms with E-state index in [4.69, 9.17) is 0 Å². The van der Waals surface area contributed by atoms with Gasteiger partial charge in [-0.3, -0.25) is 4.79 Å². The second kappa shape index (κ2) is 4.94. The number of nitrogens with zero attached hydrogens (tertiary/aromatic N) is 1. The van der Waals surface area contributed by atoms with E-state index in [2.05, 4.69) is 4.72 Å². The van der Waals surface area contributed by atoms with Crippen LogP contribution in [0, 0.1) is 0 Å². The molecular weight excluding hydrogens is 216 g/mol. The minimum atomic E-state index is -3.29. The first-order valence-corrected chi connectivity index (χ1v) is 6.90. The first kappa shape index (κ1) is 12.4. The summed E-state index contributed by atoms with van der Waals surface area (Å²) in [5.74, 6) is -0.116. The highest BCUT2D eigenvalue weighted by atomic mass is 32.2. The summed E-state index contributed by atoms with van der Waals surface area (Å²) in [5.41, 5.74) is 0. The molecule has 0 bridgehead atoms. The van der Waals surface area contributed by atoms with Gasteiger partial charge in [0.25, 0.3) is 0 Å². The van der Waals surface area contributed by atoms with Gasteiger partial charge in [0, 0.05) is 13.1 Å². The molecule has 15 heavy (non-hydrogen) atoms. The van der Waals surface area contributed by atoms with E-state index in [1.165, 1.54) is 0 Å². The Morgan fingerprint density at radius 2 is 1.93 bits per heavy atom. The number of hydrogen-bond donors (Lipinski definition) is 1. The Balaban J connectivity index is 2.53. The Bertz CT molecular complexity index is 320. The van der Waals surface area contributed by atoms with E-state index < -0.39 is 16.1 Å². The van der Waals surface area contributed by atoms with Crippen LogP contribution in [0.3, 0.4) is 0 Å². The molecule has 0 aromatic rings. The van der Waals surface area contributed by atoms with Crippen molar-refractivity contribution in [2.45, 2.75) is 32.7 Å². The van der Waals surface area contributed by atoms with E-state index in [1.54, 1.807) is 18.7 Å². The van der Waals surface area contributed by atoms with Gasteiger partial charge < -0.3 is 4.90 Å². The van der Waals surface area contributed by atoms with Crippen molar-refractivity contribution in [3.8, 4) is 0 Å². The van der Waals surface area contributed by atoms with Crippen LogP contribution < -0.4 is 4.72 Å². The maximum atomic E-state index is 11.7. The number of sulfonamides is 1. The summed E-state index contributed by atoms with van der Waals surface area (Å²) < 4.78 is 24.9. The van der Waals surface area contributed by atoms with Crippen molar-refractivity contribution in [3.05, 3.63) is 0 Å².